The maximum absolute atomic E-state index is 14.4. The van der Waals surface area contributed by atoms with E-state index < -0.39 is 0 Å². The number of nitrogens with one attached hydrogen (secondary N) is 1. The van der Waals surface area contributed by atoms with E-state index in [1.807, 2.05) is 18.2 Å². The molecular formula is C17H18BrClFN. The maximum Gasteiger partial charge on any atom is 0.147 e. The third-order valence-electron chi connectivity index (χ3n) is 3.36. The second-order valence-electron chi connectivity index (χ2n) is 4.96. The summed E-state index contributed by atoms with van der Waals surface area (Å²) in [5.74, 6) is -0.351. The molecule has 21 heavy (non-hydrogen) atoms. The molecule has 0 saturated heterocycles. The fraction of sp³-hybridized carbons (Fsp3) is 0.294. The van der Waals surface area contributed by atoms with Gasteiger partial charge in [0, 0.05) is 16.1 Å². The van der Waals surface area contributed by atoms with Crippen LogP contribution in [0.1, 0.15) is 30.5 Å². The van der Waals surface area contributed by atoms with Crippen molar-refractivity contribution in [3.8, 4) is 0 Å². The molecule has 0 aromatic heterocycles. The standard InChI is InChI=1S/C17H18BrClFN/c1-2-10-21-15(11-12-6-4-3-5-7-12)13-8-9-14(18)16(19)17(13)20/h3-9,15,21H,2,10-11H2,1H3. The minimum atomic E-state index is -0.351. The predicted molar refractivity (Wildman–Crippen MR) is 90.3 cm³/mol. The van der Waals surface area contributed by atoms with Crippen LogP contribution in [0.4, 0.5) is 4.39 Å². The van der Waals surface area contributed by atoms with Crippen molar-refractivity contribution in [1.29, 1.82) is 0 Å². The van der Waals surface area contributed by atoms with E-state index >= 15 is 0 Å². The molecule has 2 aromatic carbocycles. The van der Waals surface area contributed by atoms with Crippen LogP contribution in [-0.4, -0.2) is 6.54 Å². The summed E-state index contributed by atoms with van der Waals surface area (Å²) in [6.45, 7) is 2.93. The number of hydrogen-bond donors (Lipinski definition) is 1. The second-order valence-corrected chi connectivity index (χ2v) is 6.19. The van der Waals surface area contributed by atoms with Gasteiger partial charge in [0.1, 0.15) is 5.82 Å². The lowest BCUT2D eigenvalue weighted by molar-refractivity contribution is 0.497. The predicted octanol–water partition coefficient (Wildman–Crippen LogP) is 5.53. The maximum atomic E-state index is 14.4. The summed E-state index contributed by atoms with van der Waals surface area (Å²) in [4.78, 5) is 0. The normalized spacial score (nSPS) is 12.4. The molecule has 0 amide bonds. The zero-order valence-electron chi connectivity index (χ0n) is 11.9. The summed E-state index contributed by atoms with van der Waals surface area (Å²) < 4.78 is 15.0. The Labute approximate surface area is 138 Å². The van der Waals surface area contributed by atoms with E-state index in [0.717, 1.165) is 19.4 Å². The Bertz CT molecular complexity index is 589. The van der Waals surface area contributed by atoms with Crippen molar-refractivity contribution in [2.75, 3.05) is 6.54 Å². The molecule has 1 nitrogen and oxygen atoms in total. The van der Waals surface area contributed by atoms with E-state index in [9.17, 15) is 4.39 Å². The van der Waals surface area contributed by atoms with E-state index in [1.54, 1.807) is 12.1 Å². The minimum Gasteiger partial charge on any atom is -0.310 e. The van der Waals surface area contributed by atoms with Crippen molar-refractivity contribution in [3.63, 3.8) is 0 Å². The van der Waals surface area contributed by atoms with Gasteiger partial charge >= 0.3 is 0 Å². The van der Waals surface area contributed by atoms with Crippen molar-refractivity contribution >= 4 is 27.5 Å². The van der Waals surface area contributed by atoms with Gasteiger partial charge in [-0.1, -0.05) is 54.9 Å². The van der Waals surface area contributed by atoms with Gasteiger partial charge in [-0.3, -0.25) is 0 Å². The zero-order valence-corrected chi connectivity index (χ0v) is 14.2. The third-order valence-corrected chi connectivity index (χ3v) is 4.62. The highest BCUT2D eigenvalue weighted by Gasteiger charge is 2.19. The number of halogens is 3. The second kappa shape index (κ2) is 7.92. The molecule has 4 heteroatoms. The molecule has 0 aliphatic carbocycles. The molecule has 2 rings (SSSR count). The van der Waals surface area contributed by atoms with Crippen LogP contribution in [0.3, 0.4) is 0 Å². The molecule has 0 aliphatic rings. The highest BCUT2D eigenvalue weighted by Crippen LogP contribution is 2.31. The molecule has 1 atom stereocenters. The van der Waals surface area contributed by atoms with E-state index in [4.69, 9.17) is 11.6 Å². The van der Waals surface area contributed by atoms with E-state index in [1.165, 1.54) is 5.56 Å². The van der Waals surface area contributed by atoms with Gasteiger partial charge in [0.2, 0.25) is 0 Å². The van der Waals surface area contributed by atoms with Crippen LogP contribution in [0.5, 0.6) is 0 Å². The monoisotopic (exact) mass is 369 g/mol. The van der Waals surface area contributed by atoms with Crippen LogP contribution >= 0.6 is 27.5 Å². The van der Waals surface area contributed by atoms with Crippen molar-refractivity contribution in [2.24, 2.45) is 0 Å². The summed E-state index contributed by atoms with van der Waals surface area (Å²) in [5.41, 5.74) is 1.78. The van der Waals surface area contributed by atoms with Crippen molar-refractivity contribution in [2.45, 2.75) is 25.8 Å². The molecule has 0 bridgehead atoms. The Morgan fingerprint density at radius 3 is 2.57 bits per heavy atom. The van der Waals surface area contributed by atoms with Crippen LogP contribution in [0.25, 0.3) is 0 Å². The fourth-order valence-corrected chi connectivity index (χ4v) is 2.75. The van der Waals surface area contributed by atoms with Crippen molar-refractivity contribution < 1.29 is 4.39 Å². The summed E-state index contributed by atoms with van der Waals surface area (Å²) in [7, 11) is 0. The summed E-state index contributed by atoms with van der Waals surface area (Å²) in [6, 6.07) is 13.6. The van der Waals surface area contributed by atoms with Gasteiger partial charge < -0.3 is 5.32 Å². The fourth-order valence-electron chi connectivity index (χ4n) is 2.27. The van der Waals surface area contributed by atoms with Crippen molar-refractivity contribution in [3.05, 3.63) is 68.9 Å². The van der Waals surface area contributed by atoms with Gasteiger partial charge in [-0.15, -0.1) is 0 Å². The van der Waals surface area contributed by atoms with Crippen LogP contribution in [0, 0.1) is 5.82 Å². The lowest BCUT2D eigenvalue weighted by Gasteiger charge is -2.20. The number of benzene rings is 2. The summed E-state index contributed by atoms with van der Waals surface area (Å²) in [5, 5.41) is 3.55. The zero-order chi connectivity index (χ0) is 15.2. The lowest BCUT2D eigenvalue weighted by Crippen LogP contribution is -2.25. The van der Waals surface area contributed by atoms with E-state index in [0.29, 0.717) is 10.0 Å². The van der Waals surface area contributed by atoms with Gasteiger partial charge in [0.25, 0.3) is 0 Å². The Balaban J connectivity index is 2.29. The quantitative estimate of drug-likeness (QED) is 0.660. The first-order valence-electron chi connectivity index (χ1n) is 7.04. The highest BCUT2D eigenvalue weighted by atomic mass is 79.9. The van der Waals surface area contributed by atoms with Gasteiger partial charge in [-0.05, 0) is 46.9 Å². The molecule has 0 fully saturated rings. The average Bonchev–Trinajstić information content (AvgIpc) is 2.51. The molecule has 2 aromatic rings. The Hall–Kier alpha value is -0.900. The van der Waals surface area contributed by atoms with Gasteiger partial charge in [0.05, 0.1) is 5.02 Å². The van der Waals surface area contributed by atoms with E-state index in [-0.39, 0.29) is 16.9 Å². The molecule has 0 radical (unpaired) electrons. The first kappa shape index (κ1) is 16.5. The van der Waals surface area contributed by atoms with Gasteiger partial charge in [0.15, 0.2) is 0 Å². The SMILES string of the molecule is CCCNC(Cc1ccccc1)c1ccc(Br)c(Cl)c1F. The topological polar surface area (TPSA) is 12.0 Å². The molecule has 112 valence electrons. The number of hydrogen-bond acceptors (Lipinski definition) is 1. The summed E-state index contributed by atoms with van der Waals surface area (Å²) >= 11 is 9.27. The first-order chi connectivity index (χ1) is 10.1. The molecule has 1 N–H and O–H groups in total. The first-order valence-corrected chi connectivity index (χ1v) is 8.21. The molecule has 0 spiro atoms. The average molecular weight is 371 g/mol. The van der Waals surface area contributed by atoms with Crippen molar-refractivity contribution in [1.82, 2.24) is 5.32 Å². The Morgan fingerprint density at radius 1 is 1.19 bits per heavy atom. The lowest BCUT2D eigenvalue weighted by atomic mass is 9.98. The van der Waals surface area contributed by atoms with Crippen LogP contribution in [0.15, 0.2) is 46.9 Å². The molecule has 0 aliphatic heterocycles. The summed E-state index contributed by atoms with van der Waals surface area (Å²) in [6.07, 6.45) is 1.73. The van der Waals surface area contributed by atoms with Gasteiger partial charge in [-0.2, -0.15) is 0 Å². The molecular weight excluding hydrogens is 353 g/mol. The van der Waals surface area contributed by atoms with Crippen LogP contribution < -0.4 is 5.32 Å². The minimum absolute atomic E-state index is 0.0852. The molecule has 0 heterocycles. The third kappa shape index (κ3) is 4.29. The van der Waals surface area contributed by atoms with Crippen LogP contribution in [0.2, 0.25) is 5.02 Å². The number of rotatable bonds is 6. The smallest absolute Gasteiger partial charge is 0.147 e. The molecule has 1 unspecified atom stereocenters. The van der Waals surface area contributed by atoms with Gasteiger partial charge in [-0.25, -0.2) is 4.39 Å². The highest BCUT2D eigenvalue weighted by molar-refractivity contribution is 9.10. The largest absolute Gasteiger partial charge is 0.310 e. The molecule has 0 saturated carbocycles. The van der Waals surface area contributed by atoms with E-state index in [2.05, 4.69) is 40.3 Å². The Morgan fingerprint density at radius 2 is 1.90 bits per heavy atom. The Kier molecular flexibility index (Phi) is 6.22. The van der Waals surface area contributed by atoms with Crippen LogP contribution in [-0.2, 0) is 6.42 Å².